The van der Waals surface area contributed by atoms with E-state index in [2.05, 4.69) is 15.3 Å². The maximum Gasteiger partial charge on any atom is 0.253 e. The Kier molecular flexibility index (Phi) is 0.759. The van der Waals surface area contributed by atoms with E-state index in [0.29, 0.717) is 0 Å². The van der Waals surface area contributed by atoms with E-state index in [-0.39, 0.29) is 5.96 Å². The lowest BCUT2D eigenvalue weighted by molar-refractivity contribution is 0.0783. The molecule has 1 aliphatic rings. The molecule has 40 valence electrons. The Morgan fingerprint density at radius 2 is 2.57 bits per heavy atom. The fourth-order valence-electron chi connectivity index (χ4n) is 0.312. The first-order chi connectivity index (χ1) is 3.29. The number of guanidine groups is 1. The van der Waals surface area contributed by atoms with Gasteiger partial charge in [-0.2, -0.15) is 0 Å². The summed E-state index contributed by atoms with van der Waals surface area (Å²) < 4.78 is 0. The van der Waals surface area contributed by atoms with Crippen LogP contribution in [0.1, 0.15) is 0 Å². The van der Waals surface area contributed by atoms with Crippen LogP contribution in [-0.2, 0) is 4.84 Å². The minimum absolute atomic E-state index is 0.229. The fraction of sp³-hybridized carbons (Fsp3) is 0.500. The molecule has 0 aromatic rings. The van der Waals surface area contributed by atoms with E-state index in [0.717, 1.165) is 0 Å². The summed E-state index contributed by atoms with van der Waals surface area (Å²) in [4.78, 5) is 4.39. The molecule has 1 unspecified atom stereocenters. The standard InChI is InChI=1S/C2H6N4O/c3-1-5-2(4)7-6-1/h2H,4H2,(H3,3,5,6). The highest BCUT2D eigenvalue weighted by Crippen LogP contribution is 1.85. The highest BCUT2D eigenvalue weighted by molar-refractivity contribution is 5.78. The van der Waals surface area contributed by atoms with Crippen LogP contribution in [0.2, 0.25) is 0 Å². The number of oxime groups is 1. The molecule has 0 spiro atoms. The van der Waals surface area contributed by atoms with Gasteiger partial charge in [0.2, 0.25) is 5.96 Å². The molecule has 0 saturated heterocycles. The molecule has 0 aromatic carbocycles. The summed E-state index contributed by atoms with van der Waals surface area (Å²) in [6.45, 7) is 0. The summed E-state index contributed by atoms with van der Waals surface area (Å²) in [6, 6.07) is 0. The van der Waals surface area contributed by atoms with Crippen LogP contribution in [0, 0.1) is 0 Å². The lowest BCUT2D eigenvalue weighted by Gasteiger charge is -1.97. The van der Waals surface area contributed by atoms with Crippen molar-refractivity contribution in [1.82, 2.24) is 5.32 Å². The van der Waals surface area contributed by atoms with Crippen LogP contribution < -0.4 is 16.8 Å². The van der Waals surface area contributed by atoms with Crippen LogP contribution in [0.3, 0.4) is 0 Å². The molecule has 5 heteroatoms. The normalized spacial score (nSPS) is 28.1. The van der Waals surface area contributed by atoms with Gasteiger partial charge in [-0.3, -0.25) is 5.73 Å². The van der Waals surface area contributed by atoms with E-state index in [1.807, 2.05) is 0 Å². The Morgan fingerprint density at radius 1 is 1.86 bits per heavy atom. The smallest absolute Gasteiger partial charge is 0.253 e. The Morgan fingerprint density at radius 3 is 2.71 bits per heavy atom. The SMILES string of the molecule is NC1=NOC(N)N1. The largest absolute Gasteiger partial charge is 0.367 e. The summed E-state index contributed by atoms with van der Waals surface area (Å²) >= 11 is 0. The third-order valence-electron chi connectivity index (χ3n) is 0.555. The first kappa shape index (κ1) is 4.20. The van der Waals surface area contributed by atoms with Gasteiger partial charge < -0.3 is 15.9 Å². The molecular weight excluding hydrogens is 96.0 g/mol. The van der Waals surface area contributed by atoms with Crippen LogP contribution in [0.25, 0.3) is 0 Å². The summed E-state index contributed by atoms with van der Waals surface area (Å²) in [5, 5.41) is 5.78. The predicted molar refractivity (Wildman–Crippen MR) is 23.8 cm³/mol. The van der Waals surface area contributed by atoms with Crippen LogP contribution in [0.15, 0.2) is 5.16 Å². The first-order valence-corrected chi connectivity index (χ1v) is 1.80. The molecule has 0 aliphatic carbocycles. The van der Waals surface area contributed by atoms with Crippen molar-refractivity contribution in [3.63, 3.8) is 0 Å². The molecule has 0 radical (unpaired) electrons. The van der Waals surface area contributed by atoms with Crippen molar-refractivity contribution >= 4 is 5.96 Å². The van der Waals surface area contributed by atoms with Gasteiger partial charge in [0.25, 0.3) is 6.35 Å². The lowest BCUT2D eigenvalue weighted by Crippen LogP contribution is -2.40. The number of nitrogens with zero attached hydrogens (tertiary/aromatic N) is 1. The van der Waals surface area contributed by atoms with E-state index < -0.39 is 6.35 Å². The van der Waals surface area contributed by atoms with E-state index >= 15 is 0 Å². The maximum atomic E-state index is 5.10. The molecule has 0 fully saturated rings. The van der Waals surface area contributed by atoms with Gasteiger partial charge in [-0.25, -0.2) is 0 Å². The van der Waals surface area contributed by atoms with E-state index in [9.17, 15) is 0 Å². The molecule has 0 saturated carbocycles. The monoisotopic (exact) mass is 102 g/mol. The van der Waals surface area contributed by atoms with Crippen LogP contribution in [-0.4, -0.2) is 12.3 Å². The second-order valence-electron chi connectivity index (χ2n) is 1.15. The summed E-state index contributed by atoms with van der Waals surface area (Å²) in [5.41, 5.74) is 10.2. The van der Waals surface area contributed by atoms with Gasteiger partial charge in [0.05, 0.1) is 0 Å². The van der Waals surface area contributed by atoms with Crippen molar-refractivity contribution in [2.24, 2.45) is 16.6 Å². The van der Waals surface area contributed by atoms with Gasteiger partial charge in [0.15, 0.2) is 0 Å². The van der Waals surface area contributed by atoms with Crippen LogP contribution >= 0.6 is 0 Å². The summed E-state index contributed by atoms with van der Waals surface area (Å²) in [7, 11) is 0. The number of nitrogens with one attached hydrogen (secondary N) is 1. The zero-order valence-corrected chi connectivity index (χ0v) is 3.59. The van der Waals surface area contributed by atoms with Gasteiger partial charge in [0, 0.05) is 0 Å². The van der Waals surface area contributed by atoms with Gasteiger partial charge in [-0.1, -0.05) is 0 Å². The fourth-order valence-corrected chi connectivity index (χ4v) is 0.312. The number of hydrogen-bond acceptors (Lipinski definition) is 5. The van der Waals surface area contributed by atoms with E-state index in [1.54, 1.807) is 0 Å². The summed E-state index contributed by atoms with van der Waals surface area (Å²) in [5.74, 6) is 0.229. The zero-order valence-electron chi connectivity index (χ0n) is 3.59. The average molecular weight is 102 g/mol. The molecule has 0 amide bonds. The Bertz CT molecular complexity index is 99.9. The molecule has 5 N–H and O–H groups in total. The van der Waals surface area contributed by atoms with E-state index in [4.69, 9.17) is 11.5 Å². The highest BCUT2D eigenvalue weighted by Gasteiger charge is 2.08. The van der Waals surface area contributed by atoms with E-state index in [1.165, 1.54) is 0 Å². The van der Waals surface area contributed by atoms with Gasteiger partial charge in [0.1, 0.15) is 0 Å². The third-order valence-corrected chi connectivity index (χ3v) is 0.555. The van der Waals surface area contributed by atoms with Crippen molar-refractivity contribution in [3.8, 4) is 0 Å². The van der Waals surface area contributed by atoms with Crippen molar-refractivity contribution in [2.45, 2.75) is 6.35 Å². The molecule has 1 aliphatic heterocycles. The first-order valence-electron chi connectivity index (χ1n) is 1.80. The minimum atomic E-state index is -0.556. The predicted octanol–water partition coefficient (Wildman–Crippen LogP) is -1.92. The molecule has 0 aromatic heterocycles. The van der Waals surface area contributed by atoms with Crippen molar-refractivity contribution < 1.29 is 4.84 Å². The number of rotatable bonds is 0. The summed E-state index contributed by atoms with van der Waals surface area (Å²) in [6.07, 6.45) is -0.556. The van der Waals surface area contributed by atoms with Gasteiger partial charge >= 0.3 is 0 Å². The van der Waals surface area contributed by atoms with Crippen molar-refractivity contribution in [1.29, 1.82) is 0 Å². The quantitative estimate of drug-likeness (QED) is 0.333. The van der Waals surface area contributed by atoms with Crippen LogP contribution in [0.4, 0.5) is 0 Å². The molecular formula is C2H6N4O. The van der Waals surface area contributed by atoms with Crippen LogP contribution in [0.5, 0.6) is 0 Å². The molecule has 1 heterocycles. The number of nitrogens with two attached hydrogens (primary N) is 2. The van der Waals surface area contributed by atoms with Gasteiger partial charge in [-0.05, 0) is 5.16 Å². The van der Waals surface area contributed by atoms with Gasteiger partial charge in [-0.15, -0.1) is 0 Å². The molecule has 1 rings (SSSR count). The molecule has 0 bridgehead atoms. The average Bonchev–Trinajstić information content (AvgIpc) is 1.87. The third kappa shape index (κ3) is 0.716. The molecule has 5 nitrogen and oxygen atoms in total. The number of hydrogen-bond donors (Lipinski definition) is 3. The Hall–Kier alpha value is -0.970. The lowest BCUT2D eigenvalue weighted by atomic mass is 10.9. The second-order valence-corrected chi connectivity index (χ2v) is 1.15. The Balaban J connectivity index is 2.42. The Labute approximate surface area is 40.3 Å². The minimum Gasteiger partial charge on any atom is -0.367 e. The molecule has 1 atom stereocenters. The van der Waals surface area contributed by atoms with Crippen molar-refractivity contribution in [3.05, 3.63) is 0 Å². The van der Waals surface area contributed by atoms with Crippen molar-refractivity contribution in [2.75, 3.05) is 0 Å². The zero-order chi connectivity index (χ0) is 5.28. The highest BCUT2D eigenvalue weighted by atomic mass is 16.7. The second kappa shape index (κ2) is 1.27. The maximum absolute atomic E-state index is 5.10. The molecule has 7 heavy (non-hydrogen) atoms. The topological polar surface area (TPSA) is 85.7 Å².